The summed E-state index contributed by atoms with van der Waals surface area (Å²) in [6.45, 7) is 3.67. The van der Waals surface area contributed by atoms with Crippen LogP contribution in [0.4, 0.5) is 10.1 Å². The van der Waals surface area contributed by atoms with Gasteiger partial charge in [0.2, 0.25) is 0 Å². The van der Waals surface area contributed by atoms with Gasteiger partial charge in [-0.2, -0.15) is 5.10 Å². The smallest absolute Gasteiger partial charge is 0.136 e. The largest absolute Gasteiger partial charge is 0.396 e. The van der Waals surface area contributed by atoms with E-state index in [1.807, 2.05) is 13.8 Å². The Morgan fingerprint density at radius 1 is 1.10 bits per heavy atom. The molecule has 0 saturated heterocycles. The molecule has 3 rings (SSSR count). The molecule has 0 saturated carbocycles. The summed E-state index contributed by atoms with van der Waals surface area (Å²) in [5, 5.41) is 4.47. The van der Waals surface area contributed by atoms with Gasteiger partial charge in [-0.3, -0.25) is 9.97 Å². The number of aryl methyl sites for hydroxylation is 2. The number of halogens is 1. The Kier molecular flexibility index (Phi) is 3.13. The molecule has 1 aromatic carbocycles. The van der Waals surface area contributed by atoms with E-state index in [2.05, 4.69) is 15.1 Å². The predicted octanol–water partition coefficient (Wildman–Crippen LogP) is 2.67. The van der Waals surface area contributed by atoms with Crippen LogP contribution in [0.5, 0.6) is 0 Å². The van der Waals surface area contributed by atoms with E-state index in [1.54, 1.807) is 29.3 Å². The Bertz CT molecular complexity index is 810. The van der Waals surface area contributed by atoms with Crippen LogP contribution in [0, 0.1) is 19.7 Å². The molecule has 0 aliphatic rings. The van der Waals surface area contributed by atoms with Gasteiger partial charge in [0, 0.05) is 12.4 Å². The first kappa shape index (κ1) is 13.2. The van der Waals surface area contributed by atoms with Gasteiger partial charge in [-0.1, -0.05) is 0 Å². The highest BCUT2D eigenvalue weighted by atomic mass is 19.1. The van der Waals surface area contributed by atoms with Crippen molar-refractivity contribution in [1.82, 2.24) is 19.7 Å². The topological polar surface area (TPSA) is 69.6 Å². The second-order valence-electron chi connectivity index (χ2n) is 4.80. The zero-order chi connectivity index (χ0) is 15.0. The van der Waals surface area contributed by atoms with Crippen LogP contribution in [0.1, 0.15) is 11.3 Å². The summed E-state index contributed by atoms with van der Waals surface area (Å²) in [7, 11) is 0. The van der Waals surface area contributed by atoms with Crippen molar-refractivity contribution in [2.75, 3.05) is 5.73 Å². The molecule has 2 N–H and O–H groups in total. The normalized spacial score (nSPS) is 10.8. The third-order valence-electron chi connectivity index (χ3n) is 3.25. The zero-order valence-electron chi connectivity index (χ0n) is 11.7. The van der Waals surface area contributed by atoms with Crippen LogP contribution in [0.15, 0.2) is 36.8 Å². The third-order valence-corrected chi connectivity index (χ3v) is 3.25. The molecule has 6 heteroatoms. The van der Waals surface area contributed by atoms with E-state index >= 15 is 0 Å². The molecule has 0 unspecified atom stereocenters. The van der Waals surface area contributed by atoms with Gasteiger partial charge in [0.15, 0.2) is 0 Å². The van der Waals surface area contributed by atoms with Crippen LogP contribution in [0.25, 0.3) is 17.1 Å². The first-order valence-corrected chi connectivity index (χ1v) is 6.46. The molecule has 0 radical (unpaired) electrons. The van der Waals surface area contributed by atoms with Gasteiger partial charge >= 0.3 is 0 Å². The van der Waals surface area contributed by atoms with Crippen molar-refractivity contribution in [1.29, 1.82) is 0 Å². The van der Waals surface area contributed by atoms with Gasteiger partial charge in [0.05, 0.1) is 23.3 Å². The summed E-state index contributed by atoms with van der Waals surface area (Å²) in [4.78, 5) is 8.47. The Balaban J connectivity index is 2.12. The minimum atomic E-state index is -0.277. The summed E-state index contributed by atoms with van der Waals surface area (Å²) < 4.78 is 14.8. The third kappa shape index (κ3) is 2.35. The van der Waals surface area contributed by atoms with Crippen LogP contribution in [-0.2, 0) is 0 Å². The monoisotopic (exact) mass is 283 g/mol. The molecule has 106 valence electrons. The van der Waals surface area contributed by atoms with E-state index in [0.29, 0.717) is 17.1 Å². The fraction of sp³-hybridized carbons (Fsp3) is 0.133. The van der Waals surface area contributed by atoms with Gasteiger partial charge in [-0.15, -0.1) is 0 Å². The SMILES string of the molecule is Cc1cc(F)ccc1-n1cc(N)c(-c2nccnc2C)n1. The average Bonchev–Trinajstić information content (AvgIpc) is 2.81. The average molecular weight is 283 g/mol. The highest BCUT2D eigenvalue weighted by molar-refractivity contribution is 5.71. The fourth-order valence-electron chi connectivity index (χ4n) is 2.21. The number of nitrogens with zero attached hydrogens (tertiary/aromatic N) is 4. The quantitative estimate of drug-likeness (QED) is 0.785. The van der Waals surface area contributed by atoms with Crippen LogP contribution in [0.2, 0.25) is 0 Å². The molecule has 0 spiro atoms. The van der Waals surface area contributed by atoms with Gasteiger partial charge in [0.1, 0.15) is 17.2 Å². The number of anilines is 1. The molecule has 0 fully saturated rings. The molecule has 21 heavy (non-hydrogen) atoms. The minimum absolute atomic E-state index is 0.277. The number of hydrogen-bond acceptors (Lipinski definition) is 4. The molecule has 2 heterocycles. The van der Waals surface area contributed by atoms with Crippen LogP contribution >= 0.6 is 0 Å². The minimum Gasteiger partial charge on any atom is -0.396 e. The molecule has 3 aromatic rings. The molecule has 5 nitrogen and oxygen atoms in total. The van der Waals surface area contributed by atoms with E-state index in [-0.39, 0.29) is 5.82 Å². The lowest BCUT2D eigenvalue weighted by atomic mass is 10.2. The van der Waals surface area contributed by atoms with Crippen molar-refractivity contribution < 1.29 is 4.39 Å². The van der Waals surface area contributed by atoms with Crippen molar-refractivity contribution >= 4 is 5.69 Å². The van der Waals surface area contributed by atoms with E-state index in [0.717, 1.165) is 16.9 Å². The maximum Gasteiger partial charge on any atom is 0.136 e. The highest BCUT2D eigenvalue weighted by Gasteiger charge is 2.14. The Morgan fingerprint density at radius 3 is 2.57 bits per heavy atom. The number of rotatable bonds is 2. The lowest BCUT2D eigenvalue weighted by molar-refractivity contribution is 0.625. The van der Waals surface area contributed by atoms with Gasteiger partial charge in [-0.25, -0.2) is 9.07 Å². The number of nitrogen functional groups attached to an aromatic ring is 1. The van der Waals surface area contributed by atoms with Crippen molar-refractivity contribution in [3.8, 4) is 17.1 Å². The van der Waals surface area contributed by atoms with Gasteiger partial charge in [-0.05, 0) is 37.6 Å². The maximum atomic E-state index is 13.2. The number of nitrogens with two attached hydrogens (primary N) is 1. The van der Waals surface area contributed by atoms with Crippen LogP contribution < -0.4 is 5.73 Å². The summed E-state index contributed by atoms with van der Waals surface area (Å²) in [5.74, 6) is -0.277. The number of hydrogen-bond donors (Lipinski definition) is 1. The van der Waals surface area contributed by atoms with Crippen molar-refractivity contribution in [2.45, 2.75) is 13.8 Å². The van der Waals surface area contributed by atoms with E-state index in [9.17, 15) is 4.39 Å². The maximum absolute atomic E-state index is 13.2. The van der Waals surface area contributed by atoms with Gasteiger partial charge < -0.3 is 5.73 Å². The molecule has 0 atom stereocenters. The Morgan fingerprint density at radius 2 is 1.86 bits per heavy atom. The lowest BCUT2D eigenvalue weighted by Gasteiger charge is -2.05. The zero-order valence-corrected chi connectivity index (χ0v) is 11.7. The summed E-state index contributed by atoms with van der Waals surface area (Å²) in [6.07, 6.45) is 4.92. The first-order valence-electron chi connectivity index (χ1n) is 6.46. The second kappa shape index (κ2) is 4.97. The number of aromatic nitrogens is 4. The molecule has 2 aromatic heterocycles. The Hall–Kier alpha value is -2.76. The fourth-order valence-corrected chi connectivity index (χ4v) is 2.21. The summed E-state index contributed by atoms with van der Waals surface area (Å²) in [5.41, 5.74) is 10.1. The highest BCUT2D eigenvalue weighted by Crippen LogP contribution is 2.26. The van der Waals surface area contributed by atoms with Crippen LogP contribution in [0.3, 0.4) is 0 Å². The first-order chi connectivity index (χ1) is 10.1. The van der Waals surface area contributed by atoms with Crippen molar-refractivity contribution in [2.24, 2.45) is 0 Å². The second-order valence-corrected chi connectivity index (χ2v) is 4.80. The Labute approximate surface area is 121 Å². The van der Waals surface area contributed by atoms with E-state index in [1.165, 1.54) is 12.1 Å². The van der Waals surface area contributed by atoms with E-state index in [4.69, 9.17) is 5.73 Å². The predicted molar refractivity (Wildman–Crippen MR) is 78.4 cm³/mol. The molecule has 0 amide bonds. The van der Waals surface area contributed by atoms with Crippen molar-refractivity contribution in [3.63, 3.8) is 0 Å². The standard InChI is InChI=1S/C15H14FN5/c1-9-7-11(16)3-4-13(9)21-8-12(17)15(20-21)14-10(2)18-5-6-19-14/h3-8H,17H2,1-2H3. The molecule has 0 aliphatic heterocycles. The molecule has 0 bridgehead atoms. The van der Waals surface area contributed by atoms with Gasteiger partial charge in [0.25, 0.3) is 0 Å². The van der Waals surface area contributed by atoms with E-state index < -0.39 is 0 Å². The lowest BCUT2D eigenvalue weighted by Crippen LogP contribution is -1.99. The summed E-state index contributed by atoms with van der Waals surface area (Å²) >= 11 is 0. The van der Waals surface area contributed by atoms with Crippen LogP contribution in [-0.4, -0.2) is 19.7 Å². The summed E-state index contributed by atoms with van der Waals surface area (Å²) in [6, 6.07) is 4.53. The molecule has 0 aliphatic carbocycles. The molecular weight excluding hydrogens is 269 g/mol. The van der Waals surface area contributed by atoms with Crippen molar-refractivity contribution in [3.05, 3.63) is 53.9 Å². The molecular formula is C15H14FN5. The number of benzene rings is 1.